The van der Waals surface area contributed by atoms with Crippen molar-refractivity contribution < 1.29 is 0 Å². The monoisotopic (exact) mass is 499 g/mol. The van der Waals surface area contributed by atoms with Crippen molar-refractivity contribution in [3.8, 4) is 33.8 Å². The smallest absolute Gasteiger partial charge is 0.160 e. The lowest BCUT2D eigenvalue weighted by Gasteiger charge is -2.22. The largest absolute Gasteiger partial charge is 0.256 e. The van der Waals surface area contributed by atoms with Gasteiger partial charge in [-0.3, -0.25) is 4.98 Å². The van der Waals surface area contributed by atoms with E-state index in [9.17, 15) is 0 Å². The predicted molar refractivity (Wildman–Crippen MR) is 161 cm³/mol. The van der Waals surface area contributed by atoms with Crippen LogP contribution in [0.15, 0.2) is 115 Å². The number of fused-ring (bicyclic) bond motifs is 6. The highest BCUT2D eigenvalue weighted by Crippen LogP contribution is 2.50. The summed E-state index contributed by atoms with van der Waals surface area (Å²) in [5.74, 6) is 0.733. The zero-order chi connectivity index (χ0) is 26.1. The molecule has 8 rings (SSSR count). The first-order valence-electron chi connectivity index (χ1n) is 13.4. The lowest BCUT2D eigenvalue weighted by Crippen LogP contribution is -2.15. The van der Waals surface area contributed by atoms with Gasteiger partial charge in [0.15, 0.2) is 5.82 Å². The molecule has 0 aliphatic heterocycles. The quantitative estimate of drug-likeness (QED) is 0.238. The molecular formula is C36H25N3. The van der Waals surface area contributed by atoms with E-state index in [1.165, 1.54) is 33.0 Å². The average Bonchev–Trinajstić information content (AvgIpc) is 3.20. The molecule has 39 heavy (non-hydrogen) atoms. The summed E-state index contributed by atoms with van der Waals surface area (Å²) in [4.78, 5) is 15.0. The summed E-state index contributed by atoms with van der Waals surface area (Å²) >= 11 is 0. The van der Waals surface area contributed by atoms with Gasteiger partial charge in [-0.05, 0) is 63.4 Å². The molecule has 184 valence electrons. The Morgan fingerprint density at radius 3 is 2.21 bits per heavy atom. The highest BCUT2D eigenvalue weighted by molar-refractivity contribution is 6.02. The zero-order valence-corrected chi connectivity index (χ0v) is 21.8. The third kappa shape index (κ3) is 3.26. The third-order valence-electron chi connectivity index (χ3n) is 8.29. The van der Waals surface area contributed by atoms with Gasteiger partial charge in [-0.1, -0.05) is 92.7 Å². The van der Waals surface area contributed by atoms with Crippen molar-refractivity contribution >= 4 is 32.6 Å². The maximum Gasteiger partial charge on any atom is 0.160 e. The molecule has 0 bridgehead atoms. The van der Waals surface area contributed by atoms with E-state index in [1.807, 2.05) is 24.4 Å². The maximum atomic E-state index is 5.21. The predicted octanol–water partition coefficient (Wildman–Crippen LogP) is 8.97. The second-order valence-electron chi connectivity index (χ2n) is 10.9. The van der Waals surface area contributed by atoms with Crippen molar-refractivity contribution in [3.63, 3.8) is 0 Å². The van der Waals surface area contributed by atoms with Crippen LogP contribution >= 0.6 is 0 Å². The maximum absolute atomic E-state index is 5.21. The van der Waals surface area contributed by atoms with Crippen LogP contribution in [0.25, 0.3) is 66.4 Å². The molecule has 0 saturated carbocycles. The Bertz CT molecular complexity index is 2100. The summed E-state index contributed by atoms with van der Waals surface area (Å²) in [5, 5.41) is 4.68. The van der Waals surface area contributed by atoms with Crippen molar-refractivity contribution in [2.24, 2.45) is 0 Å². The molecule has 0 saturated heterocycles. The normalized spacial score (nSPS) is 13.6. The van der Waals surface area contributed by atoms with Gasteiger partial charge in [-0.15, -0.1) is 0 Å². The summed E-state index contributed by atoms with van der Waals surface area (Å²) in [6, 6.07) is 38.7. The molecule has 1 aliphatic carbocycles. The van der Waals surface area contributed by atoms with Gasteiger partial charge in [0.2, 0.25) is 0 Å². The minimum absolute atomic E-state index is 0.121. The SMILES string of the molecule is CC1(C)c2cc(-c3nc(-c4cccc5cccnc45)c4ccccc4n3)ccc2-c2cc3ccccc3cc21. The molecule has 0 N–H and O–H groups in total. The van der Waals surface area contributed by atoms with Crippen LogP contribution in [0.1, 0.15) is 25.0 Å². The molecule has 0 radical (unpaired) electrons. The molecule has 0 fully saturated rings. The lowest BCUT2D eigenvalue weighted by atomic mass is 9.81. The number of hydrogen-bond acceptors (Lipinski definition) is 3. The number of hydrogen-bond donors (Lipinski definition) is 0. The molecule has 5 aromatic carbocycles. The fourth-order valence-electron chi connectivity index (χ4n) is 6.27. The first-order valence-corrected chi connectivity index (χ1v) is 13.4. The summed E-state index contributed by atoms with van der Waals surface area (Å²) < 4.78 is 0. The Morgan fingerprint density at radius 1 is 0.564 bits per heavy atom. The van der Waals surface area contributed by atoms with E-state index in [0.717, 1.165) is 44.5 Å². The Morgan fingerprint density at radius 2 is 1.31 bits per heavy atom. The van der Waals surface area contributed by atoms with Crippen molar-refractivity contribution in [1.29, 1.82) is 0 Å². The number of benzene rings is 5. The second kappa shape index (κ2) is 8.05. The average molecular weight is 500 g/mol. The minimum atomic E-state index is -0.121. The van der Waals surface area contributed by atoms with E-state index in [4.69, 9.17) is 15.0 Å². The third-order valence-corrected chi connectivity index (χ3v) is 8.29. The van der Waals surface area contributed by atoms with E-state index >= 15 is 0 Å². The van der Waals surface area contributed by atoms with Gasteiger partial charge in [-0.25, -0.2) is 9.97 Å². The Labute approximate surface area is 226 Å². The second-order valence-corrected chi connectivity index (χ2v) is 10.9. The standard InChI is InChI=1S/C36H25N3/c1-36(2)30-21-25(16-17-26(30)29-19-23-9-3-4-10-24(23)20-31(29)36)35-38-32-15-6-5-13-27(32)34(39-35)28-14-7-11-22-12-8-18-37-33(22)28/h3-21H,1-2H3. The summed E-state index contributed by atoms with van der Waals surface area (Å²) in [7, 11) is 0. The summed E-state index contributed by atoms with van der Waals surface area (Å²) in [6.07, 6.45) is 1.85. The first-order chi connectivity index (χ1) is 19.1. The molecule has 3 nitrogen and oxygen atoms in total. The van der Waals surface area contributed by atoms with Crippen LogP contribution in [0, 0.1) is 0 Å². The summed E-state index contributed by atoms with van der Waals surface area (Å²) in [6.45, 7) is 4.65. The van der Waals surface area contributed by atoms with Crippen molar-refractivity contribution in [1.82, 2.24) is 15.0 Å². The van der Waals surface area contributed by atoms with Gasteiger partial charge >= 0.3 is 0 Å². The van der Waals surface area contributed by atoms with Crippen molar-refractivity contribution in [2.45, 2.75) is 19.3 Å². The topological polar surface area (TPSA) is 38.7 Å². The molecule has 0 amide bonds. The van der Waals surface area contributed by atoms with Crippen LogP contribution < -0.4 is 0 Å². The van der Waals surface area contributed by atoms with Gasteiger partial charge < -0.3 is 0 Å². The van der Waals surface area contributed by atoms with Gasteiger partial charge in [-0.2, -0.15) is 0 Å². The molecular weight excluding hydrogens is 474 g/mol. The van der Waals surface area contributed by atoms with Gasteiger partial charge in [0.1, 0.15) is 0 Å². The minimum Gasteiger partial charge on any atom is -0.256 e. The number of rotatable bonds is 2. The van der Waals surface area contributed by atoms with Gasteiger partial charge in [0.25, 0.3) is 0 Å². The molecule has 0 spiro atoms. The van der Waals surface area contributed by atoms with Crippen LogP contribution in [0.5, 0.6) is 0 Å². The molecule has 7 aromatic rings. The highest BCUT2D eigenvalue weighted by atomic mass is 14.9. The number of nitrogens with zero attached hydrogens (tertiary/aromatic N) is 3. The molecule has 2 aromatic heterocycles. The Hall–Kier alpha value is -4.89. The van der Waals surface area contributed by atoms with Crippen molar-refractivity contribution in [2.75, 3.05) is 0 Å². The Balaban J connectivity index is 1.34. The van der Waals surface area contributed by atoms with Crippen LogP contribution in [0.2, 0.25) is 0 Å². The van der Waals surface area contributed by atoms with Gasteiger partial charge in [0.05, 0.1) is 16.7 Å². The van der Waals surface area contributed by atoms with Crippen LogP contribution in [-0.2, 0) is 5.41 Å². The highest BCUT2D eigenvalue weighted by Gasteiger charge is 2.36. The van der Waals surface area contributed by atoms with E-state index in [-0.39, 0.29) is 5.41 Å². The van der Waals surface area contributed by atoms with E-state index in [1.54, 1.807) is 0 Å². The number of pyridine rings is 1. The summed E-state index contributed by atoms with van der Waals surface area (Å²) in [5.41, 5.74) is 10.0. The van der Waals surface area contributed by atoms with E-state index in [0.29, 0.717) is 0 Å². The lowest BCUT2D eigenvalue weighted by molar-refractivity contribution is 0.661. The molecule has 0 unspecified atom stereocenters. The molecule has 1 aliphatic rings. The van der Waals surface area contributed by atoms with Crippen LogP contribution in [0.4, 0.5) is 0 Å². The van der Waals surface area contributed by atoms with E-state index in [2.05, 4.69) is 105 Å². The fraction of sp³-hybridized carbons (Fsp3) is 0.0833. The van der Waals surface area contributed by atoms with Crippen LogP contribution in [0.3, 0.4) is 0 Å². The number of aromatic nitrogens is 3. The Kier molecular flexibility index (Phi) is 4.57. The van der Waals surface area contributed by atoms with E-state index < -0.39 is 0 Å². The molecule has 0 atom stereocenters. The van der Waals surface area contributed by atoms with Crippen molar-refractivity contribution in [3.05, 3.63) is 127 Å². The van der Waals surface area contributed by atoms with Crippen LogP contribution in [-0.4, -0.2) is 15.0 Å². The fourth-order valence-corrected chi connectivity index (χ4v) is 6.27. The number of para-hydroxylation sites is 2. The first kappa shape index (κ1) is 22.1. The zero-order valence-electron chi connectivity index (χ0n) is 21.8. The molecule has 3 heteroatoms. The molecule has 2 heterocycles. The van der Waals surface area contributed by atoms with Gasteiger partial charge in [0, 0.05) is 33.5 Å².